The normalized spacial score (nSPS) is 10.3. The average molecular weight is 269 g/mol. The zero-order valence-electron chi connectivity index (χ0n) is 11.8. The maximum Gasteiger partial charge on any atom is 0.256 e. The molecule has 0 heterocycles. The second-order valence-corrected chi connectivity index (χ2v) is 4.89. The molecular formula is C17H19NO2. The Morgan fingerprint density at radius 1 is 1.05 bits per heavy atom. The molecule has 3 nitrogen and oxygen atoms in total. The van der Waals surface area contributed by atoms with E-state index < -0.39 is 0 Å². The van der Waals surface area contributed by atoms with Crippen LogP contribution in [0, 0.1) is 13.8 Å². The lowest BCUT2D eigenvalue weighted by Gasteiger charge is -2.10. The number of nitrogens with one attached hydrogen (secondary N) is 1. The topological polar surface area (TPSA) is 49.3 Å². The number of aliphatic hydroxyl groups is 1. The van der Waals surface area contributed by atoms with E-state index in [4.69, 9.17) is 5.11 Å². The molecule has 0 radical (unpaired) electrons. The monoisotopic (exact) mass is 269 g/mol. The van der Waals surface area contributed by atoms with Crippen molar-refractivity contribution in [2.45, 2.75) is 20.3 Å². The largest absolute Gasteiger partial charge is 0.396 e. The standard InChI is InChI=1S/C17H19NO2/c1-12-4-3-5-13(2)16(12)17(20)18-15-8-6-14(7-9-15)10-11-19/h3-9,19H,10-11H2,1-2H3,(H,18,20). The lowest BCUT2D eigenvalue weighted by Crippen LogP contribution is -2.14. The highest BCUT2D eigenvalue weighted by atomic mass is 16.2. The predicted molar refractivity (Wildman–Crippen MR) is 81.1 cm³/mol. The van der Waals surface area contributed by atoms with Gasteiger partial charge in [0.05, 0.1) is 0 Å². The SMILES string of the molecule is Cc1cccc(C)c1C(=O)Nc1ccc(CCO)cc1. The molecule has 0 aliphatic rings. The van der Waals surface area contributed by atoms with Crippen LogP contribution in [0.4, 0.5) is 5.69 Å². The van der Waals surface area contributed by atoms with Gasteiger partial charge in [-0.1, -0.05) is 30.3 Å². The molecule has 0 saturated heterocycles. The number of amides is 1. The number of aliphatic hydroxyl groups excluding tert-OH is 1. The number of anilines is 1. The fourth-order valence-electron chi connectivity index (χ4n) is 2.25. The minimum Gasteiger partial charge on any atom is -0.396 e. The Bertz CT molecular complexity index is 583. The van der Waals surface area contributed by atoms with Crippen LogP contribution in [-0.2, 0) is 6.42 Å². The van der Waals surface area contributed by atoms with Crippen molar-refractivity contribution < 1.29 is 9.90 Å². The average Bonchev–Trinajstić information content (AvgIpc) is 2.41. The molecule has 2 N–H and O–H groups in total. The quantitative estimate of drug-likeness (QED) is 0.896. The Morgan fingerprint density at radius 2 is 1.65 bits per heavy atom. The van der Waals surface area contributed by atoms with Crippen LogP contribution in [0.3, 0.4) is 0 Å². The van der Waals surface area contributed by atoms with Crippen molar-refractivity contribution in [2.24, 2.45) is 0 Å². The highest BCUT2D eigenvalue weighted by molar-refractivity contribution is 6.06. The summed E-state index contributed by atoms with van der Waals surface area (Å²) in [6, 6.07) is 13.4. The number of carbonyl (C=O) groups excluding carboxylic acids is 1. The van der Waals surface area contributed by atoms with Gasteiger partial charge >= 0.3 is 0 Å². The Balaban J connectivity index is 2.15. The van der Waals surface area contributed by atoms with Crippen molar-refractivity contribution in [3.05, 3.63) is 64.7 Å². The summed E-state index contributed by atoms with van der Waals surface area (Å²) in [6.07, 6.45) is 0.630. The van der Waals surface area contributed by atoms with Crippen LogP contribution < -0.4 is 5.32 Å². The minimum absolute atomic E-state index is 0.0875. The van der Waals surface area contributed by atoms with Gasteiger partial charge < -0.3 is 10.4 Å². The number of hydrogen-bond acceptors (Lipinski definition) is 2. The van der Waals surface area contributed by atoms with Crippen molar-refractivity contribution in [2.75, 3.05) is 11.9 Å². The van der Waals surface area contributed by atoms with Crippen molar-refractivity contribution >= 4 is 11.6 Å². The smallest absolute Gasteiger partial charge is 0.256 e. The van der Waals surface area contributed by atoms with E-state index in [0.29, 0.717) is 6.42 Å². The summed E-state index contributed by atoms with van der Waals surface area (Å²) in [5, 5.41) is 11.8. The van der Waals surface area contributed by atoms with Crippen molar-refractivity contribution in [1.82, 2.24) is 0 Å². The van der Waals surface area contributed by atoms with Crippen LogP contribution in [0.15, 0.2) is 42.5 Å². The number of carbonyl (C=O) groups is 1. The summed E-state index contributed by atoms with van der Waals surface area (Å²) in [4.78, 5) is 12.3. The van der Waals surface area contributed by atoms with Crippen LogP contribution in [0.1, 0.15) is 27.0 Å². The highest BCUT2D eigenvalue weighted by Crippen LogP contribution is 2.16. The van der Waals surface area contributed by atoms with Gasteiger partial charge in [-0.3, -0.25) is 4.79 Å². The number of hydrogen-bond donors (Lipinski definition) is 2. The third-order valence-electron chi connectivity index (χ3n) is 3.32. The van der Waals surface area contributed by atoms with Crippen molar-refractivity contribution in [1.29, 1.82) is 0 Å². The molecule has 0 unspecified atom stereocenters. The molecular weight excluding hydrogens is 250 g/mol. The van der Waals surface area contributed by atoms with E-state index in [9.17, 15) is 4.79 Å². The van der Waals surface area contributed by atoms with E-state index in [-0.39, 0.29) is 12.5 Å². The van der Waals surface area contributed by atoms with Gasteiger partial charge in [0.15, 0.2) is 0 Å². The summed E-state index contributed by atoms with van der Waals surface area (Å²) < 4.78 is 0. The molecule has 3 heteroatoms. The van der Waals surface area contributed by atoms with Gasteiger partial charge in [0.2, 0.25) is 0 Å². The molecule has 0 atom stereocenters. The zero-order valence-corrected chi connectivity index (χ0v) is 11.8. The second kappa shape index (κ2) is 6.35. The van der Waals surface area contributed by atoms with Gasteiger partial charge in [-0.25, -0.2) is 0 Å². The Kier molecular flexibility index (Phi) is 4.53. The van der Waals surface area contributed by atoms with Crippen LogP contribution in [0.5, 0.6) is 0 Å². The zero-order chi connectivity index (χ0) is 14.5. The highest BCUT2D eigenvalue weighted by Gasteiger charge is 2.11. The molecule has 0 aliphatic heterocycles. The van der Waals surface area contributed by atoms with Gasteiger partial charge in [-0.15, -0.1) is 0 Å². The van der Waals surface area contributed by atoms with Crippen LogP contribution in [-0.4, -0.2) is 17.6 Å². The van der Waals surface area contributed by atoms with Crippen molar-refractivity contribution in [3.8, 4) is 0 Å². The first-order valence-electron chi connectivity index (χ1n) is 6.69. The van der Waals surface area contributed by atoms with Crippen LogP contribution in [0.25, 0.3) is 0 Å². The van der Waals surface area contributed by atoms with E-state index in [1.54, 1.807) is 0 Å². The first-order valence-corrected chi connectivity index (χ1v) is 6.69. The van der Waals surface area contributed by atoms with Crippen LogP contribution >= 0.6 is 0 Å². The third-order valence-corrected chi connectivity index (χ3v) is 3.32. The third kappa shape index (κ3) is 3.25. The van der Waals surface area contributed by atoms with E-state index in [1.807, 2.05) is 56.3 Å². The van der Waals surface area contributed by atoms with Crippen LogP contribution in [0.2, 0.25) is 0 Å². The fraction of sp³-hybridized carbons (Fsp3) is 0.235. The summed E-state index contributed by atoms with van der Waals surface area (Å²) in [7, 11) is 0. The summed E-state index contributed by atoms with van der Waals surface area (Å²) in [5.74, 6) is -0.0875. The van der Waals surface area contributed by atoms with Gasteiger partial charge in [-0.05, 0) is 49.1 Å². The van der Waals surface area contributed by atoms with E-state index in [1.165, 1.54) is 0 Å². The molecule has 0 bridgehead atoms. The fourth-order valence-corrected chi connectivity index (χ4v) is 2.25. The first kappa shape index (κ1) is 14.3. The second-order valence-electron chi connectivity index (χ2n) is 4.89. The number of rotatable bonds is 4. The molecule has 0 fully saturated rings. The molecule has 0 saturated carbocycles. The summed E-state index contributed by atoms with van der Waals surface area (Å²) in [6.45, 7) is 4.01. The lowest BCUT2D eigenvalue weighted by atomic mass is 10.0. The van der Waals surface area contributed by atoms with Gasteiger partial charge in [0, 0.05) is 17.9 Å². The van der Waals surface area contributed by atoms with Gasteiger partial charge in [-0.2, -0.15) is 0 Å². The molecule has 2 rings (SSSR count). The Hall–Kier alpha value is -2.13. The van der Waals surface area contributed by atoms with Gasteiger partial charge in [0.25, 0.3) is 5.91 Å². The molecule has 104 valence electrons. The lowest BCUT2D eigenvalue weighted by molar-refractivity contribution is 0.102. The summed E-state index contributed by atoms with van der Waals surface area (Å²) >= 11 is 0. The van der Waals surface area contributed by atoms with E-state index >= 15 is 0 Å². The first-order chi connectivity index (χ1) is 9.61. The molecule has 2 aromatic rings. The predicted octanol–water partition coefficient (Wildman–Crippen LogP) is 3.09. The molecule has 0 aliphatic carbocycles. The number of benzene rings is 2. The van der Waals surface area contributed by atoms with Crippen molar-refractivity contribution in [3.63, 3.8) is 0 Å². The van der Waals surface area contributed by atoms with E-state index in [2.05, 4.69) is 5.32 Å². The Morgan fingerprint density at radius 3 is 2.20 bits per heavy atom. The maximum absolute atomic E-state index is 12.3. The number of aryl methyl sites for hydroxylation is 2. The molecule has 0 aromatic heterocycles. The Labute approximate surface area is 119 Å². The minimum atomic E-state index is -0.0875. The molecule has 0 spiro atoms. The van der Waals surface area contributed by atoms with E-state index in [0.717, 1.165) is 27.9 Å². The molecule has 2 aromatic carbocycles. The molecule has 20 heavy (non-hydrogen) atoms. The maximum atomic E-state index is 12.3. The molecule has 1 amide bonds. The van der Waals surface area contributed by atoms with Gasteiger partial charge in [0.1, 0.15) is 0 Å². The summed E-state index contributed by atoms with van der Waals surface area (Å²) in [5.41, 5.74) is 4.49.